The van der Waals surface area contributed by atoms with Gasteiger partial charge in [-0.3, -0.25) is 4.84 Å². The van der Waals surface area contributed by atoms with Crippen molar-refractivity contribution in [3.05, 3.63) is 0 Å². The molecule has 1 amide bonds. The number of carbonyl (C=O) groups excluding carboxylic acids is 1. The van der Waals surface area contributed by atoms with E-state index in [2.05, 4.69) is 0 Å². The highest BCUT2D eigenvalue weighted by atomic mass is 16.7. The van der Waals surface area contributed by atoms with Crippen LogP contribution in [0.1, 0.15) is 13.8 Å². The van der Waals surface area contributed by atoms with Gasteiger partial charge in [-0.15, -0.1) is 0 Å². The summed E-state index contributed by atoms with van der Waals surface area (Å²) in [6.07, 6.45) is -1.30. The number of aliphatic hydroxyl groups is 1. The third kappa shape index (κ3) is 2.35. The average Bonchev–Trinajstić information content (AvgIpc) is 2.34. The van der Waals surface area contributed by atoms with Crippen LogP contribution in [-0.4, -0.2) is 41.6 Å². The number of β-amino-alcohol motifs (C(OH)–C–C–N with tert-alkyl or cyclic N) is 1. The predicted molar refractivity (Wildman–Crippen MR) is 40.3 cm³/mol. The van der Waals surface area contributed by atoms with Crippen molar-refractivity contribution in [2.75, 3.05) is 13.2 Å². The molecule has 1 heterocycles. The second kappa shape index (κ2) is 3.73. The van der Waals surface area contributed by atoms with E-state index in [9.17, 15) is 4.79 Å². The van der Waals surface area contributed by atoms with Gasteiger partial charge in [0, 0.05) is 0 Å². The molecule has 0 radical (unpaired) electrons. The second-order valence-electron chi connectivity index (χ2n) is 2.94. The fraction of sp³-hybridized carbons (Fsp3) is 0.857. The van der Waals surface area contributed by atoms with E-state index in [1.165, 1.54) is 0 Å². The molecule has 1 atom stereocenters. The van der Waals surface area contributed by atoms with E-state index < -0.39 is 12.2 Å². The van der Waals surface area contributed by atoms with Gasteiger partial charge in [0.05, 0.1) is 12.6 Å². The van der Waals surface area contributed by atoms with Gasteiger partial charge in [-0.05, 0) is 13.8 Å². The molecule has 1 aliphatic rings. The molecular formula is C7H13NO4. The molecule has 0 aromatic rings. The lowest BCUT2D eigenvalue weighted by Crippen LogP contribution is -2.30. The Morgan fingerprint density at radius 2 is 2.42 bits per heavy atom. The van der Waals surface area contributed by atoms with Crippen molar-refractivity contribution in [1.82, 2.24) is 5.06 Å². The average molecular weight is 175 g/mol. The molecule has 70 valence electrons. The predicted octanol–water partition coefficient (Wildman–Crippen LogP) is 0.140. The van der Waals surface area contributed by atoms with E-state index in [1.807, 2.05) is 0 Å². The Labute approximate surface area is 70.8 Å². The van der Waals surface area contributed by atoms with E-state index in [0.717, 1.165) is 5.06 Å². The van der Waals surface area contributed by atoms with Crippen molar-refractivity contribution in [3.63, 3.8) is 0 Å². The van der Waals surface area contributed by atoms with E-state index in [1.54, 1.807) is 13.8 Å². The monoisotopic (exact) mass is 175 g/mol. The Kier molecular flexibility index (Phi) is 2.88. The van der Waals surface area contributed by atoms with Gasteiger partial charge in [-0.2, -0.15) is 5.06 Å². The van der Waals surface area contributed by atoms with Crippen LogP contribution >= 0.6 is 0 Å². The standard InChI is InChI=1S/C7H13NO4/c1-5(2)12-7(10)8-3-6(9)4-11-8/h5-6,9H,3-4H2,1-2H3/t6-/m0/s1. The number of hydrogen-bond acceptors (Lipinski definition) is 4. The summed E-state index contributed by atoms with van der Waals surface area (Å²) >= 11 is 0. The summed E-state index contributed by atoms with van der Waals surface area (Å²) < 4.78 is 4.83. The summed E-state index contributed by atoms with van der Waals surface area (Å²) in [7, 11) is 0. The van der Waals surface area contributed by atoms with Crippen LogP contribution in [0.5, 0.6) is 0 Å². The van der Waals surface area contributed by atoms with Crippen LogP contribution in [0.3, 0.4) is 0 Å². The smallest absolute Gasteiger partial charge is 0.434 e. The molecule has 0 aromatic heterocycles. The lowest BCUT2D eigenvalue weighted by atomic mass is 10.4. The number of amides is 1. The number of hydroxylamine groups is 2. The van der Waals surface area contributed by atoms with Gasteiger partial charge >= 0.3 is 6.09 Å². The lowest BCUT2D eigenvalue weighted by molar-refractivity contribution is -0.0969. The third-order valence-corrected chi connectivity index (χ3v) is 1.34. The fourth-order valence-corrected chi connectivity index (χ4v) is 0.860. The number of aliphatic hydroxyl groups excluding tert-OH is 1. The molecule has 0 aliphatic carbocycles. The van der Waals surface area contributed by atoms with Gasteiger partial charge in [-0.25, -0.2) is 4.79 Å². The number of rotatable bonds is 1. The van der Waals surface area contributed by atoms with Crippen molar-refractivity contribution in [3.8, 4) is 0 Å². The zero-order valence-corrected chi connectivity index (χ0v) is 7.19. The molecule has 1 aliphatic heterocycles. The van der Waals surface area contributed by atoms with Gasteiger partial charge in [-0.1, -0.05) is 0 Å². The summed E-state index contributed by atoms with van der Waals surface area (Å²) in [5, 5.41) is 10.0. The van der Waals surface area contributed by atoms with E-state index >= 15 is 0 Å². The molecule has 5 nitrogen and oxygen atoms in total. The quantitative estimate of drug-likeness (QED) is 0.615. The molecule has 1 saturated heterocycles. The maximum absolute atomic E-state index is 11.1. The summed E-state index contributed by atoms with van der Waals surface area (Å²) in [6, 6.07) is 0. The Bertz CT molecular complexity index is 171. The molecule has 1 N–H and O–H groups in total. The minimum Gasteiger partial charge on any atom is -0.445 e. The number of hydrogen-bond donors (Lipinski definition) is 1. The van der Waals surface area contributed by atoms with Gasteiger partial charge in [0.2, 0.25) is 0 Å². The van der Waals surface area contributed by atoms with Crippen LogP contribution in [0.15, 0.2) is 0 Å². The van der Waals surface area contributed by atoms with Crippen LogP contribution in [-0.2, 0) is 9.57 Å². The highest BCUT2D eigenvalue weighted by Gasteiger charge is 2.27. The zero-order chi connectivity index (χ0) is 9.14. The Balaban J connectivity index is 2.33. The van der Waals surface area contributed by atoms with Crippen molar-refractivity contribution in [2.24, 2.45) is 0 Å². The van der Waals surface area contributed by atoms with E-state index in [-0.39, 0.29) is 19.3 Å². The van der Waals surface area contributed by atoms with Crippen molar-refractivity contribution in [2.45, 2.75) is 26.1 Å². The summed E-state index contributed by atoms with van der Waals surface area (Å²) in [5.74, 6) is 0. The van der Waals surface area contributed by atoms with E-state index in [0.29, 0.717) is 0 Å². The molecule has 12 heavy (non-hydrogen) atoms. The molecule has 0 unspecified atom stereocenters. The summed E-state index contributed by atoms with van der Waals surface area (Å²) in [6.45, 7) is 3.85. The Morgan fingerprint density at radius 1 is 1.75 bits per heavy atom. The van der Waals surface area contributed by atoms with Gasteiger partial charge < -0.3 is 9.84 Å². The second-order valence-corrected chi connectivity index (χ2v) is 2.94. The molecule has 0 bridgehead atoms. The molecular weight excluding hydrogens is 162 g/mol. The molecule has 0 aromatic carbocycles. The highest BCUT2D eigenvalue weighted by molar-refractivity contribution is 5.66. The van der Waals surface area contributed by atoms with Crippen LogP contribution < -0.4 is 0 Å². The summed E-state index contributed by atoms with van der Waals surface area (Å²) in [5.41, 5.74) is 0. The summed E-state index contributed by atoms with van der Waals surface area (Å²) in [4.78, 5) is 15.9. The topological polar surface area (TPSA) is 59.0 Å². The maximum Gasteiger partial charge on any atom is 0.434 e. The molecule has 0 saturated carbocycles. The largest absolute Gasteiger partial charge is 0.445 e. The maximum atomic E-state index is 11.1. The van der Waals surface area contributed by atoms with Crippen LogP contribution in [0.4, 0.5) is 4.79 Å². The minimum atomic E-state index is -0.593. The normalized spacial score (nSPS) is 23.3. The number of carbonyl (C=O) groups is 1. The molecule has 5 heteroatoms. The lowest BCUT2D eigenvalue weighted by Gasteiger charge is -2.15. The highest BCUT2D eigenvalue weighted by Crippen LogP contribution is 2.07. The van der Waals surface area contributed by atoms with Crippen LogP contribution in [0, 0.1) is 0 Å². The Hall–Kier alpha value is -0.810. The fourth-order valence-electron chi connectivity index (χ4n) is 0.860. The third-order valence-electron chi connectivity index (χ3n) is 1.34. The Morgan fingerprint density at radius 3 is 2.83 bits per heavy atom. The van der Waals surface area contributed by atoms with Crippen molar-refractivity contribution in [1.29, 1.82) is 0 Å². The van der Waals surface area contributed by atoms with E-state index in [4.69, 9.17) is 14.7 Å². The minimum absolute atomic E-state index is 0.160. The SMILES string of the molecule is CC(C)OC(=O)N1C[C@H](O)CO1. The van der Waals surface area contributed by atoms with Crippen molar-refractivity contribution >= 4 is 6.09 Å². The first-order valence-electron chi connectivity index (χ1n) is 3.88. The van der Waals surface area contributed by atoms with Gasteiger partial charge in [0.1, 0.15) is 12.7 Å². The molecule has 1 fully saturated rings. The number of nitrogens with zero attached hydrogens (tertiary/aromatic N) is 1. The zero-order valence-electron chi connectivity index (χ0n) is 7.19. The van der Waals surface area contributed by atoms with Crippen LogP contribution in [0.25, 0.3) is 0 Å². The number of ether oxygens (including phenoxy) is 1. The van der Waals surface area contributed by atoms with Gasteiger partial charge in [0.25, 0.3) is 0 Å². The van der Waals surface area contributed by atoms with Crippen LogP contribution in [0.2, 0.25) is 0 Å². The molecule has 0 spiro atoms. The first kappa shape index (κ1) is 9.28. The van der Waals surface area contributed by atoms with Gasteiger partial charge in [0.15, 0.2) is 0 Å². The van der Waals surface area contributed by atoms with Crippen molar-refractivity contribution < 1.29 is 19.5 Å². The molecule has 1 rings (SSSR count). The first-order chi connectivity index (χ1) is 5.59. The first-order valence-corrected chi connectivity index (χ1v) is 3.88.